The first-order chi connectivity index (χ1) is 15.5. The second kappa shape index (κ2) is 7.92. The lowest BCUT2D eigenvalue weighted by Gasteiger charge is -2.11. The highest BCUT2D eigenvalue weighted by Crippen LogP contribution is 2.27. The fourth-order valence-corrected chi connectivity index (χ4v) is 4.01. The molecule has 7 nitrogen and oxygen atoms in total. The first-order valence-electron chi connectivity index (χ1n) is 10.6. The predicted molar refractivity (Wildman–Crippen MR) is 125 cm³/mol. The Morgan fingerprint density at radius 1 is 1.03 bits per heavy atom. The van der Waals surface area contributed by atoms with Gasteiger partial charge in [0, 0.05) is 30.6 Å². The number of hydrogen-bond donors (Lipinski definition) is 1. The number of aromatic nitrogens is 6. The summed E-state index contributed by atoms with van der Waals surface area (Å²) < 4.78 is 3.64. The first kappa shape index (κ1) is 19.9. The lowest BCUT2D eigenvalue weighted by atomic mass is 9.97. The number of aryl methyl sites for hydroxylation is 1. The summed E-state index contributed by atoms with van der Waals surface area (Å²) in [7, 11) is 1.97. The zero-order chi connectivity index (χ0) is 22.2. The fourth-order valence-electron chi connectivity index (χ4n) is 4.01. The van der Waals surface area contributed by atoms with Crippen molar-refractivity contribution in [1.82, 2.24) is 29.1 Å². The number of H-pyrrole nitrogens is 1. The van der Waals surface area contributed by atoms with Crippen LogP contribution in [0.1, 0.15) is 30.9 Å². The van der Waals surface area contributed by atoms with E-state index in [1.165, 1.54) is 5.56 Å². The van der Waals surface area contributed by atoms with Crippen LogP contribution in [0.4, 0.5) is 0 Å². The minimum absolute atomic E-state index is 0.197. The number of aromatic amines is 1. The molecule has 0 fully saturated rings. The van der Waals surface area contributed by atoms with E-state index in [0.717, 1.165) is 22.5 Å². The van der Waals surface area contributed by atoms with Crippen molar-refractivity contribution in [2.75, 3.05) is 0 Å². The summed E-state index contributed by atoms with van der Waals surface area (Å²) in [6, 6.07) is 16.2. The summed E-state index contributed by atoms with van der Waals surface area (Å²) in [6.07, 6.45) is 5.39. The molecule has 0 aliphatic rings. The monoisotopic (exact) mass is 424 g/mol. The molecule has 0 aliphatic carbocycles. The van der Waals surface area contributed by atoms with Gasteiger partial charge >= 0.3 is 5.69 Å². The van der Waals surface area contributed by atoms with Crippen LogP contribution in [0.5, 0.6) is 0 Å². The van der Waals surface area contributed by atoms with E-state index in [0.29, 0.717) is 29.5 Å². The van der Waals surface area contributed by atoms with Gasteiger partial charge in [0.05, 0.1) is 12.7 Å². The van der Waals surface area contributed by atoms with Crippen molar-refractivity contribution in [3.8, 4) is 22.8 Å². The zero-order valence-corrected chi connectivity index (χ0v) is 18.3. The molecule has 5 rings (SSSR count). The normalized spacial score (nSPS) is 11.5. The molecule has 0 saturated carbocycles. The Hall–Kier alpha value is -4.00. The van der Waals surface area contributed by atoms with Crippen LogP contribution in [0.3, 0.4) is 0 Å². The molecule has 0 saturated heterocycles. The van der Waals surface area contributed by atoms with Gasteiger partial charge in [-0.2, -0.15) is 0 Å². The summed E-state index contributed by atoms with van der Waals surface area (Å²) in [5.41, 5.74) is 5.25. The van der Waals surface area contributed by atoms with Gasteiger partial charge in [0.1, 0.15) is 11.3 Å². The van der Waals surface area contributed by atoms with Gasteiger partial charge in [-0.3, -0.25) is 4.57 Å². The smallest absolute Gasteiger partial charge is 0.328 e. The molecule has 0 radical (unpaired) electrons. The summed E-state index contributed by atoms with van der Waals surface area (Å²) >= 11 is 0. The maximum Gasteiger partial charge on any atom is 0.328 e. The van der Waals surface area contributed by atoms with Crippen molar-refractivity contribution in [2.45, 2.75) is 26.3 Å². The van der Waals surface area contributed by atoms with Crippen molar-refractivity contribution in [2.24, 2.45) is 7.05 Å². The molecule has 3 aromatic heterocycles. The summed E-state index contributed by atoms with van der Waals surface area (Å²) in [5, 5.41) is 0. The zero-order valence-electron chi connectivity index (χ0n) is 18.3. The molecule has 3 heterocycles. The van der Waals surface area contributed by atoms with Crippen LogP contribution in [0.15, 0.2) is 71.9 Å². The number of nitrogens with zero attached hydrogens (tertiary/aromatic N) is 5. The van der Waals surface area contributed by atoms with Gasteiger partial charge in [-0.25, -0.2) is 19.7 Å². The molecular formula is C25H24N6O. The maximum atomic E-state index is 12.7. The molecular weight excluding hydrogens is 400 g/mol. The standard InChI is InChI=1S/C25H24N6O/c1-16(2)19-6-4-5-7-20(19)22-27-14-21-24(29-22)31(25(32)28-21)15-17-8-10-18(11-9-17)23-26-12-13-30(23)3/h4-14,16H,15H2,1-3H3,(H,28,32). The average Bonchev–Trinajstić information content (AvgIpc) is 3.36. The molecule has 5 aromatic rings. The van der Waals surface area contributed by atoms with E-state index < -0.39 is 0 Å². The number of rotatable bonds is 5. The predicted octanol–water partition coefficient (Wildman–Crippen LogP) is 4.36. The van der Waals surface area contributed by atoms with Gasteiger partial charge in [0.15, 0.2) is 11.5 Å². The molecule has 0 unspecified atom stereocenters. The molecule has 0 aliphatic heterocycles. The van der Waals surface area contributed by atoms with Crippen molar-refractivity contribution in [1.29, 1.82) is 0 Å². The number of hydrogen-bond acceptors (Lipinski definition) is 4. The topological polar surface area (TPSA) is 81.4 Å². The summed E-state index contributed by atoms with van der Waals surface area (Å²) in [5.74, 6) is 1.87. The van der Waals surface area contributed by atoms with Crippen molar-refractivity contribution in [3.63, 3.8) is 0 Å². The largest absolute Gasteiger partial charge is 0.334 e. The molecule has 0 spiro atoms. The fraction of sp³-hybridized carbons (Fsp3) is 0.200. The second-order valence-corrected chi connectivity index (χ2v) is 8.25. The van der Waals surface area contributed by atoms with Crippen LogP contribution >= 0.6 is 0 Å². The lowest BCUT2D eigenvalue weighted by Crippen LogP contribution is -2.17. The van der Waals surface area contributed by atoms with Crippen molar-refractivity contribution in [3.05, 3.63) is 88.7 Å². The molecule has 32 heavy (non-hydrogen) atoms. The van der Waals surface area contributed by atoms with Crippen LogP contribution in [-0.4, -0.2) is 29.1 Å². The Kier molecular flexibility index (Phi) is 4.93. The third-order valence-electron chi connectivity index (χ3n) is 5.71. The Morgan fingerprint density at radius 3 is 2.53 bits per heavy atom. The van der Waals surface area contributed by atoms with E-state index in [4.69, 9.17) is 4.98 Å². The molecule has 1 N–H and O–H groups in total. The highest BCUT2D eigenvalue weighted by molar-refractivity contribution is 5.73. The maximum absolute atomic E-state index is 12.7. The molecule has 0 amide bonds. The van der Waals surface area contributed by atoms with Gasteiger partial charge in [0.25, 0.3) is 0 Å². The summed E-state index contributed by atoms with van der Waals surface area (Å²) in [4.78, 5) is 29.3. The Bertz CT molecular complexity index is 1460. The van der Waals surface area contributed by atoms with E-state index in [1.807, 2.05) is 60.3 Å². The minimum atomic E-state index is -0.197. The first-order valence-corrected chi connectivity index (χ1v) is 10.6. The van der Waals surface area contributed by atoms with Crippen LogP contribution in [0.2, 0.25) is 0 Å². The third kappa shape index (κ3) is 3.51. The van der Waals surface area contributed by atoms with Gasteiger partial charge in [-0.1, -0.05) is 62.4 Å². The quantitative estimate of drug-likeness (QED) is 0.455. The van der Waals surface area contributed by atoms with E-state index in [-0.39, 0.29) is 5.69 Å². The lowest BCUT2D eigenvalue weighted by molar-refractivity contribution is 0.777. The van der Waals surface area contributed by atoms with Crippen LogP contribution in [0, 0.1) is 0 Å². The molecule has 0 bridgehead atoms. The number of imidazole rings is 2. The van der Waals surface area contributed by atoms with Crippen LogP contribution in [0.25, 0.3) is 33.9 Å². The Morgan fingerprint density at radius 2 is 1.81 bits per heavy atom. The Balaban J connectivity index is 1.52. The SMILES string of the molecule is CC(C)c1ccccc1-c1ncc2[nH]c(=O)n(Cc3ccc(-c4nccn4C)cc3)c2n1. The van der Waals surface area contributed by atoms with Gasteiger partial charge in [-0.15, -0.1) is 0 Å². The Labute approximate surface area is 185 Å². The molecule has 0 atom stereocenters. The highest BCUT2D eigenvalue weighted by Gasteiger charge is 2.15. The minimum Gasteiger partial charge on any atom is -0.334 e. The molecule has 160 valence electrons. The van der Waals surface area contributed by atoms with E-state index in [1.54, 1.807) is 17.0 Å². The average molecular weight is 425 g/mol. The van der Waals surface area contributed by atoms with E-state index >= 15 is 0 Å². The number of fused-ring (bicyclic) bond motifs is 1. The molecule has 7 heteroatoms. The van der Waals surface area contributed by atoms with Crippen molar-refractivity contribution < 1.29 is 0 Å². The summed E-state index contributed by atoms with van der Waals surface area (Å²) in [6.45, 7) is 4.72. The van der Waals surface area contributed by atoms with Crippen LogP contribution < -0.4 is 5.69 Å². The number of nitrogens with one attached hydrogen (secondary N) is 1. The van der Waals surface area contributed by atoms with E-state index in [9.17, 15) is 4.79 Å². The van der Waals surface area contributed by atoms with Gasteiger partial charge in [0.2, 0.25) is 0 Å². The van der Waals surface area contributed by atoms with Gasteiger partial charge in [-0.05, 0) is 17.0 Å². The molecule has 2 aromatic carbocycles. The van der Waals surface area contributed by atoms with Crippen LogP contribution in [-0.2, 0) is 13.6 Å². The third-order valence-corrected chi connectivity index (χ3v) is 5.71. The van der Waals surface area contributed by atoms with Gasteiger partial charge < -0.3 is 9.55 Å². The second-order valence-electron chi connectivity index (χ2n) is 8.25. The highest BCUT2D eigenvalue weighted by atomic mass is 16.1. The van der Waals surface area contributed by atoms with E-state index in [2.05, 4.69) is 34.9 Å². The van der Waals surface area contributed by atoms with Crippen molar-refractivity contribution >= 4 is 11.2 Å². The number of benzene rings is 2.